The fourth-order valence-corrected chi connectivity index (χ4v) is 4.55. The first-order chi connectivity index (χ1) is 9.82. The Morgan fingerprint density at radius 1 is 1.24 bits per heavy atom. The number of hydrogen-bond acceptors (Lipinski definition) is 3. The Bertz CT molecular complexity index is 561. The number of hydrogen-bond donors (Lipinski definition) is 1. The summed E-state index contributed by atoms with van der Waals surface area (Å²) in [5.74, 6) is 0.644. The van der Waals surface area contributed by atoms with Crippen molar-refractivity contribution in [2.75, 3.05) is 18.1 Å². The molecule has 1 saturated heterocycles. The second kappa shape index (κ2) is 6.49. The lowest BCUT2D eigenvalue weighted by molar-refractivity contribution is 0.408. The van der Waals surface area contributed by atoms with Gasteiger partial charge in [-0.25, -0.2) is 8.42 Å². The quantitative estimate of drug-likeness (QED) is 0.909. The zero-order valence-electron chi connectivity index (χ0n) is 13.4. The first-order valence-corrected chi connectivity index (χ1v) is 9.68. The minimum atomic E-state index is -2.84. The molecule has 3 nitrogen and oxygen atoms in total. The van der Waals surface area contributed by atoms with Crippen LogP contribution in [0, 0.1) is 0 Å². The molecule has 1 atom stereocenters. The van der Waals surface area contributed by atoms with E-state index in [1.165, 1.54) is 11.1 Å². The monoisotopic (exact) mass is 309 g/mol. The first kappa shape index (κ1) is 16.5. The van der Waals surface area contributed by atoms with Crippen LogP contribution in [0.15, 0.2) is 24.3 Å². The van der Waals surface area contributed by atoms with Crippen LogP contribution in [0.2, 0.25) is 0 Å². The van der Waals surface area contributed by atoms with Crippen LogP contribution in [0.5, 0.6) is 0 Å². The van der Waals surface area contributed by atoms with Crippen molar-refractivity contribution in [2.24, 2.45) is 0 Å². The lowest BCUT2D eigenvalue weighted by atomic mass is 9.84. The highest BCUT2D eigenvalue weighted by molar-refractivity contribution is 7.91. The van der Waals surface area contributed by atoms with Gasteiger partial charge < -0.3 is 5.32 Å². The largest absolute Gasteiger partial charge is 0.312 e. The van der Waals surface area contributed by atoms with E-state index in [1.54, 1.807) is 0 Å². The molecule has 0 spiro atoms. The van der Waals surface area contributed by atoms with Crippen LogP contribution in [-0.4, -0.2) is 32.5 Å². The van der Waals surface area contributed by atoms with Gasteiger partial charge in [0, 0.05) is 18.0 Å². The third-order valence-electron chi connectivity index (χ3n) is 4.44. The van der Waals surface area contributed by atoms with Crippen molar-refractivity contribution in [1.82, 2.24) is 5.32 Å². The van der Waals surface area contributed by atoms with E-state index >= 15 is 0 Å². The number of rotatable bonds is 5. The van der Waals surface area contributed by atoms with Gasteiger partial charge in [0.1, 0.15) is 0 Å². The van der Waals surface area contributed by atoms with Gasteiger partial charge in [-0.1, -0.05) is 45.0 Å². The Balaban J connectivity index is 1.96. The predicted octanol–water partition coefficient (Wildman–Crippen LogP) is 2.69. The van der Waals surface area contributed by atoms with Gasteiger partial charge in [-0.05, 0) is 30.4 Å². The van der Waals surface area contributed by atoms with E-state index < -0.39 is 9.84 Å². The summed E-state index contributed by atoms with van der Waals surface area (Å²) in [6.07, 6.45) is 2.80. The van der Waals surface area contributed by atoms with Gasteiger partial charge in [0.25, 0.3) is 0 Å². The van der Waals surface area contributed by atoms with Gasteiger partial charge in [-0.15, -0.1) is 0 Å². The van der Waals surface area contributed by atoms with Gasteiger partial charge in [0.05, 0.1) is 11.5 Å². The second-order valence-corrected chi connectivity index (χ2v) is 9.00. The minimum Gasteiger partial charge on any atom is -0.312 e. The van der Waals surface area contributed by atoms with Crippen molar-refractivity contribution >= 4 is 9.84 Å². The molecule has 0 aliphatic carbocycles. The Morgan fingerprint density at radius 2 is 1.90 bits per heavy atom. The Hall–Kier alpha value is -0.870. The highest BCUT2D eigenvalue weighted by atomic mass is 32.2. The molecular formula is C17H27NO2S. The highest BCUT2D eigenvalue weighted by Gasteiger charge is 2.27. The van der Waals surface area contributed by atoms with Crippen molar-refractivity contribution in [1.29, 1.82) is 0 Å². The van der Waals surface area contributed by atoms with E-state index in [9.17, 15) is 8.42 Å². The summed E-state index contributed by atoms with van der Waals surface area (Å²) in [7, 11) is -2.84. The summed E-state index contributed by atoms with van der Waals surface area (Å²) in [5.41, 5.74) is 2.65. The van der Waals surface area contributed by atoms with Gasteiger partial charge in [-0.3, -0.25) is 0 Å². The van der Waals surface area contributed by atoms with Crippen LogP contribution in [0.25, 0.3) is 0 Å². The summed E-state index contributed by atoms with van der Waals surface area (Å²) in [6.45, 7) is 7.38. The van der Waals surface area contributed by atoms with E-state index in [4.69, 9.17) is 0 Å². The molecular weight excluding hydrogens is 282 g/mol. The lowest BCUT2D eigenvalue weighted by Gasteiger charge is -2.30. The Morgan fingerprint density at radius 3 is 2.48 bits per heavy atom. The average Bonchev–Trinajstić information content (AvgIpc) is 2.44. The molecule has 118 valence electrons. The standard InChI is InChI=1S/C17H27NO2S/c1-4-14-7-9-15(10-8-14)17(2,3)13-18-16-6-5-11-21(19,20)12-16/h7-10,16,18H,4-6,11-13H2,1-3H3/t16-/m1/s1. The molecule has 21 heavy (non-hydrogen) atoms. The molecule has 0 unspecified atom stereocenters. The van der Waals surface area contributed by atoms with E-state index in [2.05, 4.69) is 50.4 Å². The van der Waals surface area contributed by atoms with Crippen molar-refractivity contribution in [3.8, 4) is 0 Å². The molecule has 0 bridgehead atoms. The maximum atomic E-state index is 11.7. The molecule has 0 amide bonds. The van der Waals surface area contributed by atoms with E-state index in [-0.39, 0.29) is 17.2 Å². The van der Waals surface area contributed by atoms with E-state index in [0.29, 0.717) is 5.75 Å². The molecule has 1 heterocycles. The molecule has 4 heteroatoms. The number of nitrogens with one attached hydrogen (secondary N) is 1. The summed E-state index contributed by atoms with van der Waals surface area (Å²) in [6, 6.07) is 8.86. The molecule has 1 aromatic rings. The van der Waals surface area contributed by atoms with Crippen LogP contribution in [0.1, 0.15) is 44.7 Å². The summed E-state index contributed by atoms with van der Waals surface area (Å²) in [4.78, 5) is 0. The van der Waals surface area contributed by atoms with Gasteiger partial charge in [-0.2, -0.15) is 0 Å². The molecule has 1 aliphatic heterocycles. The van der Waals surface area contributed by atoms with Gasteiger partial charge in [0.2, 0.25) is 0 Å². The smallest absolute Gasteiger partial charge is 0.151 e. The molecule has 1 aliphatic rings. The third-order valence-corrected chi connectivity index (χ3v) is 6.26. The summed E-state index contributed by atoms with van der Waals surface area (Å²) in [5, 5.41) is 3.47. The van der Waals surface area contributed by atoms with Crippen molar-refractivity contribution in [3.05, 3.63) is 35.4 Å². The SMILES string of the molecule is CCc1ccc(C(C)(C)CN[C@@H]2CCCS(=O)(=O)C2)cc1. The van der Waals surface area contributed by atoms with Crippen LogP contribution in [0.4, 0.5) is 0 Å². The minimum absolute atomic E-state index is 0.00742. The predicted molar refractivity (Wildman–Crippen MR) is 88.5 cm³/mol. The molecule has 1 N–H and O–H groups in total. The van der Waals surface area contributed by atoms with E-state index in [1.807, 2.05) is 0 Å². The number of aryl methyl sites for hydroxylation is 1. The zero-order chi connectivity index (χ0) is 15.5. The molecule has 0 radical (unpaired) electrons. The van der Waals surface area contributed by atoms with Crippen LogP contribution >= 0.6 is 0 Å². The Labute approximate surface area is 129 Å². The summed E-state index contributed by atoms with van der Waals surface area (Å²) >= 11 is 0. The third kappa shape index (κ3) is 4.55. The number of benzene rings is 1. The molecule has 2 rings (SSSR count). The van der Waals surface area contributed by atoms with Gasteiger partial charge >= 0.3 is 0 Å². The number of sulfone groups is 1. The van der Waals surface area contributed by atoms with Crippen molar-refractivity contribution in [3.63, 3.8) is 0 Å². The normalized spacial score (nSPS) is 22.1. The van der Waals surface area contributed by atoms with Crippen LogP contribution < -0.4 is 5.32 Å². The average molecular weight is 309 g/mol. The zero-order valence-corrected chi connectivity index (χ0v) is 14.2. The van der Waals surface area contributed by atoms with Crippen molar-refractivity contribution < 1.29 is 8.42 Å². The maximum Gasteiger partial charge on any atom is 0.151 e. The van der Waals surface area contributed by atoms with Crippen molar-refractivity contribution in [2.45, 2.75) is 51.5 Å². The first-order valence-electron chi connectivity index (χ1n) is 7.85. The summed E-state index contributed by atoms with van der Waals surface area (Å²) < 4.78 is 23.4. The van der Waals surface area contributed by atoms with Crippen LogP contribution in [0.3, 0.4) is 0 Å². The topological polar surface area (TPSA) is 46.2 Å². The van der Waals surface area contributed by atoms with E-state index in [0.717, 1.165) is 25.8 Å². The molecule has 0 aromatic heterocycles. The molecule has 1 fully saturated rings. The fraction of sp³-hybridized carbons (Fsp3) is 0.647. The molecule has 0 saturated carbocycles. The highest BCUT2D eigenvalue weighted by Crippen LogP contribution is 2.23. The lowest BCUT2D eigenvalue weighted by Crippen LogP contribution is -2.45. The molecule has 1 aromatic carbocycles. The maximum absolute atomic E-state index is 11.7. The van der Waals surface area contributed by atoms with Crippen LogP contribution in [-0.2, 0) is 21.7 Å². The second-order valence-electron chi connectivity index (χ2n) is 6.77. The van der Waals surface area contributed by atoms with Gasteiger partial charge in [0.15, 0.2) is 9.84 Å². The fourth-order valence-electron chi connectivity index (χ4n) is 2.88. The Kier molecular flexibility index (Phi) is 5.10.